The fourth-order valence-electron chi connectivity index (χ4n) is 8.19. The Hall–Kier alpha value is -0.153. The first-order valence-electron chi connectivity index (χ1n) is 21.9. The van der Waals surface area contributed by atoms with Crippen molar-refractivity contribution >= 4 is 17.8 Å². The molecule has 2 aliphatic rings. The van der Waals surface area contributed by atoms with Crippen molar-refractivity contribution in [1.82, 2.24) is 0 Å². The Morgan fingerprint density at radius 3 is 1.79 bits per heavy atom. The summed E-state index contributed by atoms with van der Waals surface area (Å²) >= 11 is 0. The molecule has 0 aromatic carbocycles. The molecule has 12 heteroatoms. The Morgan fingerprint density at radius 1 is 0.736 bits per heavy atom. The van der Waals surface area contributed by atoms with E-state index >= 15 is 0 Å². The van der Waals surface area contributed by atoms with Crippen molar-refractivity contribution < 1.29 is 44.3 Å². The first-order chi connectivity index (χ1) is 25.4. The molecule has 6 N–H and O–H groups in total. The molecule has 9 atom stereocenters. The number of hydrogen-bond donors (Lipinski definition) is 6. The fourth-order valence-corrected chi connectivity index (χ4v) is 13.9. The van der Waals surface area contributed by atoms with Crippen LogP contribution in [0.1, 0.15) is 161 Å². The zero-order valence-electron chi connectivity index (χ0n) is 34.1. The van der Waals surface area contributed by atoms with Gasteiger partial charge in [-0.15, -0.1) is 0 Å². The summed E-state index contributed by atoms with van der Waals surface area (Å²) in [6, 6.07) is 3.50. The average molecular weight is 794 g/mol. The van der Waals surface area contributed by atoms with Crippen molar-refractivity contribution in [3.05, 3.63) is 0 Å². The lowest BCUT2D eigenvalue weighted by atomic mass is 9.99. The van der Waals surface area contributed by atoms with Gasteiger partial charge >= 0.3 is 0 Å². The van der Waals surface area contributed by atoms with Crippen molar-refractivity contribution in [3.63, 3.8) is 0 Å². The molecule has 0 amide bonds. The third-order valence-electron chi connectivity index (χ3n) is 11.9. The molecule has 0 aromatic rings. The number of nitrogens with zero attached hydrogens (tertiary/aromatic N) is 1. The predicted octanol–water partition coefficient (Wildman–Crippen LogP) is 7.47. The molecule has 0 radical (unpaired) electrons. The lowest BCUT2D eigenvalue weighted by Crippen LogP contribution is -2.59. The average Bonchev–Trinajstić information content (AvgIpc) is 3.14. The summed E-state index contributed by atoms with van der Waals surface area (Å²) in [5.41, 5.74) is 0. The smallest absolute Gasteiger partial charge is 0.186 e. The zero-order chi connectivity index (χ0) is 39.0. The highest BCUT2D eigenvalue weighted by atomic mass is 32.2. The second kappa shape index (κ2) is 28.3. The molecule has 0 bridgehead atoms. The van der Waals surface area contributed by atoms with Crippen LogP contribution in [0.4, 0.5) is 0 Å². The monoisotopic (exact) mass is 794 g/mol. The van der Waals surface area contributed by atoms with Gasteiger partial charge in [0.15, 0.2) is 6.29 Å². The summed E-state index contributed by atoms with van der Waals surface area (Å²) < 4.78 is 29.4. The van der Waals surface area contributed by atoms with E-state index in [1.165, 1.54) is 121 Å². The van der Waals surface area contributed by atoms with Crippen molar-refractivity contribution in [2.75, 3.05) is 25.2 Å². The van der Waals surface area contributed by atoms with Crippen molar-refractivity contribution in [1.29, 1.82) is 0 Å². The van der Waals surface area contributed by atoms with Gasteiger partial charge in [0.05, 0.1) is 27.4 Å². The Balaban J connectivity index is 1.81. The minimum atomic E-state index is -2.73. The highest BCUT2D eigenvalue weighted by Gasteiger charge is 2.44. The minimum Gasteiger partial charge on any atom is -0.394 e. The zero-order valence-corrected chi connectivity index (χ0v) is 35.9. The molecule has 2 rings (SSSR count). The van der Waals surface area contributed by atoms with Crippen LogP contribution >= 0.6 is 0 Å². The molecule has 0 aliphatic carbocycles. The van der Waals surface area contributed by atoms with Crippen LogP contribution in [0, 0.1) is 0 Å². The van der Waals surface area contributed by atoms with Crippen LogP contribution in [-0.4, -0.2) is 117 Å². The molecule has 0 spiro atoms. The highest BCUT2D eigenvalue weighted by Crippen LogP contribution is 2.33. The van der Waals surface area contributed by atoms with Gasteiger partial charge in [0, 0.05) is 21.7 Å². The molecule has 2 fully saturated rings. The lowest BCUT2D eigenvalue weighted by Gasteiger charge is -2.40. The summed E-state index contributed by atoms with van der Waals surface area (Å²) in [5, 5.41) is 62.6. The topological polar surface area (TPSA) is 169 Å². The van der Waals surface area contributed by atoms with Crippen LogP contribution in [0.2, 0.25) is 24.7 Å². The van der Waals surface area contributed by atoms with E-state index in [0.717, 1.165) is 44.9 Å². The summed E-state index contributed by atoms with van der Waals surface area (Å²) in [6.45, 7) is 3.93. The highest BCUT2D eigenvalue weighted by molar-refractivity contribution is 7.92. The van der Waals surface area contributed by atoms with E-state index in [2.05, 4.69) is 17.8 Å². The van der Waals surface area contributed by atoms with Gasteiger partial charge < -0.3 is 40.1 Å². The molecular formula is C41H83NO9SSi. The van der Waals surface area contributed by atoms with Gasteiger partial charge in [0.2, 0.25) is 0 Å². The molecular weight excluding hydrogens is 711 g/mol. The summed E-state index contributed by atoms with van der Waals surface area (Å²) in [5.74, 6) is 0.369. The number of rotatable bonds is 31. The quantitative estimate of drug-likeness (QED) is 0.0308. The maximum absolute atomic E-state index is 13.7. The Kier molecular flexibility index (Phi) is 26.1. The van der Waals surface area contributed by atoms with Gasteiger partial charge in [-0.25, -0.2) is 4.36 Å². The van der Waals surface area contributed by atoms with Gasteiger partial charge in [-0.1, -0.05) is 173 Å². The maximum atomic E-state index is 13.7. The molecule has 10 nitrogen and oxygen atoms in total. The van der Waals surface area contributed by atoms with Gasteiger partial charge in [-0.05, 0) is 12.8 Å². The number of ether oxygens (including phenoxy) is 2. The number of aliphatic hydroxyl groups excluding tert-OH is 6. The van der Waals surface area contributed by atoms with Crippen LogP contribution in [0.15, 0.2) is 4.36 Å². The van der Waals surface area contributed by atoms with Crippen molar-refractivity contribution in [3.8, 4) is 0 Å². The number of hydrogen-bond acceptors (Lipinski definition) is 10. The first kappa shape index (κ1) is 49.0. The SMILES string of the molecule is CCCCCCCCCCCCCC[C@@H](O)[C@@H](O)[C@H](COC1OC(CO)C(O)C(O)C1O)N=S(C)(=O)CCCCCCCCCC[Si]1(C)CCCCC1. The van der Waals surface area contributed by atoms with Crippen molar-refractivity contribution in [2.45, 2.75) is 235 Å². The second-order valence-corrected chi connectivity index (χ2v) is 24.7. The summed E-state index contributed by atoms with van der Waals surface area (Å²) in [6.07, 6.45) is 20.1. The standard InChI is InChI=1S/C41H83NO9SSi/c1-4-5-6-7-8-9-10-11-12-15-18-22-27-35(44)37(45)34(33-50-41-40(48)39(47)38(46)36(32-43)51-41)42-52(2,49)28-23-19-16-13-14-17-20-24-29-53(3)30-25-21-26-31-53/h34-41,43-48H,4-33H2,1-3H3/t34-,35+,36?,37-,38?,39?,40?,41?,52?/m0/s1. The first-order valence-corrected chi connectivity index (χ1v) is 27.1. The predicted molar refractivity (Wildman–Crippen MR) is 219 cm³/mol. The van der Waals surface area contributed by atoms with Gasteiger partial charge in [0.25, 0.3) is 0 Å². The third kappa shape index (κ3) is 20.7. The van der Waals surface area contributed by atoms with Crippen LogP contribution < -0.4 is 0 Å². The van der Waals surface area contributed by atoms with E-state index in [0.29, 0.717) is 12.2 Å². The Morgan fingerprint density at radius 2 is 1.25 bits per heavy atom. The molecule has 0 aromatic heterocycles. The molecule has 316 valence electrons. The van der Waals surface area contributed by atoms with E-state index in [1.807, 2.05) is 0 Å². The van der Waals surface area contributed by atoms with Crippen LogP contribution in [0.5, 0.6) is 0 Å². The largest absolute Gasteiger partial charge is 0.394 e. The third-order valence-corrected chi connectivity index (χ3v) is 18.3. The maximum Gasteiger partial charge on any atom is 0.186 e. The van der Waals surface area contributed by atoms with Crippen LogP contribution in [-0.2, 0) is 19.2 Å². The normalized spacial score (nSPS) is 26.2. The minimum absolute atomic E-state index is 0.328. The van der Waals surface area contributed by atoms with Crippen LogP contribution in [0.25, 0.3) is 0 Å². The Bertz CT molecular complexity index is 1020. The summed E-state index contributed by atoms with van der Waals surface area (Å²) in [4.78, 5) is 0. The van der Waals surface area contributed by atoms with Gasteiger partial charge in [-0.3, -0.25) is 4.21 Å². The van der Waals surface area contributed by atoms with E-state index in [9.17, 15) is 34.8 Å². The molecule has 2 aliphatic heterocycles. The van der Waals surface area contributed by atoms with E-state index in [-0.39, 0.29) is 6.61 Å². The number of aliphatic hydroxyl groups is 6. The van der Waals surface area contributed by atoms with E-state index < -0.39 is 73.4 Å². The Labute approximate surface area is 325 Å². The van der Waals surface area contributed by atoms with E-state index in [1.54, 1.807) is 6.26 Å². The molecule has 0 saturated carbocycles. The van der Waals surface area contributed by atoms with E-state index in [4.69, 9.17) is 9.47 Å². The van der Waals surface area contributed by atoms with Crippen molar-refractivity contribution in [2.24, 2.45) is 4.36 Å². The molecule has 2 saturated heterocycles. The fraction of sp³-hybridized carbons (Fsp3) is 1.00. The van der Waals surface area contributed by atoms with Gasteiger partial charge in [0.1, 0.15) is 36.6 Å². The van der Waals surface area contributed by atoms with Crippen LogP contribution in [0.3, 0.4) is 0 Å². The molecule has 53 heavy (non-hydrogen) atoms. The summed E-state index contributed by atoms with van der Waals surface area (Å²) in [7, 11) is -3.67. The number of unbranched alkanes of at least 4 members (excludes halogenated alkanes) is 18. The second-order valence-electron chi connectivity index (χ2n) is 17.1. The van der Waals surface area contributed by atoms with Gasteiger partial charge in [-0.2, -0.15) is 0 Å². The molecule has 2 heterocycles. The molecule has 6 unspecified atom stereocenters. The lowest BCUT2D eigenvalue weighted by molar-refractivity contribution is -0.302.